The molecular formula is C25H24N2O3. The van der Waals surface area contributed by atoms with E-state index in [1.54, 1.807) is 24.8 Å². The van der Waals surface area contributed by atoms with Crippen LogP contribution in [0.5, 0.6) is 5.75 Å². The highest BCUT2D eigenvalue weighted by Crippen LogP contribution is 2.32. The fourth-order valence-corrected chi connectivity index (χ4v) is 3.84. The molecule has 2 aromatic carbocycles. The Hall–Kier alpha value is -3.47. The number of carbonyl (C=O) groups excluding carboxylic acids is 2. The Morgan fingerprint density at radius 2 is 1.77 bits per heavy atom. The number of methoxy groups -OCH3 is 1. The van der Waals surface area contributed by atoms with Gasteiger partial charge in [0.2, 0.25) is 5.78 Å². The molecule has 0 spiro atoms. The van der Waals surface area contributed by atoms with Crippen LogP contribution in [0, 0.1) is 6.92 Å². The SMILES string of the molecule is COc1ccc(-n2nc(C)c3c2C(=O)c2cc(CCC=C(C)C)ccc2C3=O)cc1. The Morgan fingerprint density at radius 1 is 1.03 bits per heavy atom. The average Bonchev–Trinajstić information content (AvgIpc) is 3.09. The fourth-order valence-electron chi connectivity index (χ4n) is 3.84. The van der Waals surface area contributed by atoms with Crippen molar-refractivity contribution in [3.05, 3.63) is 87.8 Å². The van der Waals surface area contributed by atoms with Gasteiger partial charge in [-0.2, -0.15) is 5.10 Å². The maximum absolute atomic E-state index is 13.5. The second-order valence-electron chi connectivity index (χ2n) is 7.78. The van der Waals surface area contributed by atoms with Crippen molar-refractivity contribution in [1.29, 1.82) is 0 Å². The summed E-state index contributed by atoms with van der Waals surface area (Å²) >= 11 is 0. The van der Waals surface area contributed by atoms with E-state index in [0.717, 1.165) is 18.4 Å². The molecule has 0 saturated heterocycles. The van der Waals surface area contributed by atoms with Crippen LogP contribution in [0.4, 0.5) is 0 Å². The molecule has 152 valence electrons. The van der Waals surface area contributed by atoms with Crippen LogP contribution in [0.3, 0.4) is 0 Å². The second-order valence-corrected chi connectivity index (χ2v) is 7.78. The van der Waals surface area contributed by atoms with Gasteiger partial charge in [-0.25, -0.2) is 4.68 Å². The first-order valence-corrected chi connectivity index (χ1v) is 10.0. The molecule has 0 aliphatic heterocycles. The lowest BCUT2D eigenvalue weighted by molar-refractivity contribution is 0.0974. The van der Waals surface area contributed by atoms with Crippen molar-refractivity contribution < 1.29 is 14.3 Å². The number of allylic oxidation sites excluding steroid dienone is 2. The van der Waals surface area contributed by atoms with Gasteiger partial charge in [0.25, 0.3) is 0 Å². The first-order chi connectivity index (χ1) is 14.4. The highest BCUT2D eigenvalue weighted by molar-refractivity contribution is 6.28. The second kappa shape index (κ2) is 7.75. The number of hydrogen-bond acceptors (Lipinski definition) is 4. The molecule has 3 aromatic rings. The summed E-state index contributed by atoms with van der Waals surface area (Å²) in [4.78, 5) is 26.7. The number of benzene rings is 2. The average molecular weight is 400 g/mol. The number of ether oxygens (including phenoxy) is 1. The molecule has 30 heavy (non-hydrogen) atoms. The molecule has 1 heterocycles. The Kier molecular flexibility index (Phi) is 5.12. The minimum absolute atomic E-state index is 0.146. The Balaban J connectivity index is 1.78. The van der Waals surface area contributed by atoms with E-state index in [0.29, 0.717) is 39.5 Å². The lowest BCUT2D eigenvalue weighted by Gasteiger charge is -2.17. The molecule has 1 aliphatic carbocycles. The van der Waals surface area contributed by atoms with Crippen LogP contribution in [0.2, 0.25) is 0 Å². The van der Waals surface area contributed by atoms with Crippen molar-refractivity contribution in [3.8, 4) is 11.4 Å². The third-order valence-electron chi connectivity index (χ3n) is 5.38. The van der Waals surface area contributed by atoms with Crippen molar-refractivity contribution in [1.82, 2.24) is 9.78 Å². The predicted octanol–water partition coefficient (Wildman–Crippen LogP) is 4.86. The van der Waals surface area contributed by atoms with E-state index in [-0.39, 0.29) is 11.6 Å². The van der Waals surface area contributed by atoms with Gasteiger partial charge in [-0.15, -0.1) is 0 Å². The number of hydrogen-bond donors (Lipinski definition) is 0. The lowest BCUT2D eigenvalue weighted by atomic mass is 9.85. The maximum Gasteiger partial charge on any atom is 0.213 e. The van der Waals surface area contributed by atoms with E-state index in [9.17, 15) is 9.59 Å². The number of nitrogens with zero attached hydrogens (tertiary/aromatic N) is 2. The summed E-state index contributed by atoms with van der Waals surface area (Å²) in [6.45, 7) is 5.90. The lowest BCUT2D eigenvalue weighted by Crippen LogP contribution is -2.23. The van der Waals surface area contributed by atoms with Crippen LogP contribution in [0.25, 0.3) is 5.69 Å². The van der Waals surface area contributed by atoms with Crippen LogP contribution in [-0.2, 0) is 6.42 Å². The Labute approximate surface area is 176 Å². The molecule has 0 amide bonds. The minimum Gasteiger partial charge on any atom is -0.497 e. The van der Waals surface area contributed by atoms with Crippen molar-refractivity contribution >= 4 is 11.6 Å². The largest absolute Gasteiger partial charge is 0.497 e. The number of rotatable bonds is 5. The topological polar surface area (TPSA) is 61.2 Å². The maximum atomic E-state index is 13.5. The zero-order chi connectivity index (χ0) is 21.4. The van der Waals surface area contributed by atoms with Gasteiger partial charge in [-0.1, -0.05) is 23.8 Å². The molecule has 1 aliphatic rings. The summed E-state index contributed by atoms with van der Waals surface area (Å²) in [5.74, 6) is 0.401. The minimum atomic E-state index is -0.167. The van der Waals surface area contributed by atoms with Crippen LogP contribution < -0.4 is 4.74 Å². The van der Waals surface area contributed by atoms with Crippen LogP contribution in [0.15, 0.2) is 54.1 Å². The van der Waals surface area contributed by atoms with Crippen molar-refractivity contribution in [3.63, 3.8) is 0 Å². The number of carbonyl (C=O) groups is 2. The van der Waals surface area contributed by atoms with Gasteiger partial charge < -0.3 is 4.74 Å². The molecule has 0 fully saturated rings. The van der Waals surface area contributed by atoms with Gasteiger partial charge in [0, 0.05) is 11.1 Å². The standard InChI is InChI=1S/C25H24N2O3/c1-15(2)6-5-7-17-8-13-20-21(14-17)25(29)23-22(24(20)28)16(3)26-27(23)18-9-11-19(30-4)12-10-18/h6,8-14H,5,7H2,1-4H3. The van der Waals surface area contributed by atoms with E-state index in [1.165, 1.54) is 5.57 Å². The normalized spacial score (nSPS) is 12.4. The van der Waals surface area contributed by atoms with Crippen molar-refractivity contribution in [2.24, 2.45) is 0 Å². The molecular weight excluding hydrogens is 376 g/mol. The van der Waals surface area contributed by atoms with Gasteiger partial charge in [-0.05, 0) is 69.5 Å². The monoisotopic (exact) mass is 400 g/mol. The number of aromatic nitrogens is 2. The summed E-state index contributed by atoms with van der Waals surface area (Å²) < 4.78 is 6.79. The quantitative estimate of drug-likeness (QED) is 0.449. The van der Waals surface area contributed by atoms with Crippen LogP contribution >= 0.6 is 0 Å². The summed E-state index contributed by atoms with van der Waals surface area (Å²) in [6, 6.07) is 12.9. The molecule has 0 saturated carbocycles. The molecule has 1 aromatic heterocycles. The first kappa shape index (κ1) is 19.8. The van der Waals surface area contributed by atoms with Gasteiger partial charge in [0.05, 0.1) is 24.1 Å². The summed E-state index contributed by atoms with van der Waals surface area (Å²) in [5.41, 5.74) is 5.21. The molecule has 0 unspecified atom stereocenters. The first-order valence-electron chi connectivity index (χ1n) is 10.0. The third-order valence-corrected chi connectivity index (χ3v) is 5.38. The molecule has 0 atom stereocenters. The summed E-state index contributed by atoms with van der Waals surface area (Å²) in [5, 5.41) is 4.52. The van der Waals surface area contributed by atoms with E-state index in [2.05, 4.69) is 25.0 Å². The molecule has 0 bridgehead atoms. The zero-order valence-corrected chi connectivity index (χ0v) is 17.7. The predicted molar refractivity (Wildman–Crippen MR) is 116 cm³/mol. The fraction of sp³-hybridized carbons (Fsp3) is 0.240. The Morgan fingerprint density at radius 3 is 2.43 bits per heavy atom. The highest BCUT2D eigenvalue weighted by atomic mass is 16.5. The summed E-state index contributed by atoms with van der Waals surface area (Å²) in [7, 11) is 1.60. The van der Waals surface area contributed by atoms with Crippen molar-refractivity contribution in [2.75, 3.05) is 7.11 Å². The summed E-state index contributed by atoms with van der Waals surface area (Å²) in [6.07, 6.45) is 3.90. The van der Waals surface area contributed by atoms with Gasteiger partial charge >= 0.3 is 0 Å². The highest BCUT2D eigenvalue weighted by Gasteiger charge is 2.36. The molecule has 5 heteroatoms. The Bertz CT molecular complexity index is 1180. The number of ketones is 2. The zero-order valence-electron chi connectivity index (χ0n) is 17.7. The van der Waals surface area contributed by atoms with Gasteiger partial charge in [-0.3, -0.25) is 9.59 Å². The van der Waals surface area contributed by atoms with E-state index >= 15 is 0 Å². The smallest absolute Gasteiger partial charge is 0.213 e. The third kappa shape index (κ3) is 3.36. The number of fused-ring (bicyclic) bond motifs is 2. The van der Waals surface area contributed by atoms with E-state index in [4.69, 9.17) is 4.74 Å². The number of aryl methyl sites for hydroxylation is 2. The molecule has 0 N–H and O–H groups in total. The molecule has 4 rings (SSSR count). The van der Waals surface area contributed by atoms with Gasteiger partial charge in [0.1, 0.15) is 11.4 Å². The molecule has 0 radical (unpaired) electrons. The van der Waals surface area contributed by atoms with Gasteiger partial charge in [0.15, 0.2) is 5.78 Å². The van der Waals surface area contributed by atoms with Crippen LogP contribution in [0.1, 0.15) is 63.5 Å². The van der Waals surface area contributed by atoms with E-state index < -0.39 is 0 Å². The van der Waals surface area contributed by atoms with Crippen molar-refractivity contribution in [2.45, 2.75) is 33.6 Å². The van der Waals surface area contributed by atoms with E-state index in [1.807, 2.05) is 36.4 Å². The molecule has 5 nitrogen and oxygen atoms in total. The van der Waals surface area contributed by atoms with Crippen LogP contribution in [-0.4, -0.2) is 28.5 Å².